The summed E-state index contributed by atoms with van der Waals surface area (Å²) in [5, 5.41) is 11.0. The first-order valence-electron chi connectivity index (χ1n) is 9.91. The number of benzene rings is 2. The van der Waals surface area contributed by atoms with E-state index in [4.69, 9.17) is 4.74 Å². The number of aromatic nitrogens is 3. The number of aromatic amines is 1. The Bertz CT molecular complexity index is 1260. The van der Waals surface area contributed by atoms with E-state index in [0.29, 0.717) is 29.3 Å². The van der Waals surface area contributed by atoms with Crippen molar-refractivity contribution in [3.05, 3.63) is 86.1 Å². The lowest BCUT2D eigenvalue weighted by molar-refractivity contribution is 0.0940. The number of amides is 1. The minimum Gasteiger partial charge on any atom is -0.489 e. The predicted molar refractivity (Wildman–Crippen MR) is 121 cm³/mol. The Hall–Kier alpha value is -3.52. The number of hydrogen-bond donors (Lipinski definition) is 2. The van der Waals surface area contributed by atoms with Crippen molar-refractivity contribution in [1.82, 2.24) is 20.5 Å². The van der Waals surface area contributed by atoms with E-state index >= 15 is 0 Å². The van der Waals surface area contributed by atoms with Crippen LogP contribution in [-0.4, -0.2) is 27.1 Å². The molecule has 2 N–H and O–H groups in total. The van der Waals surface area contributed by atoms with Crippen LogP contribution in [0.25, 0.3) is 10.9 Å². The molecule has 0 bridgehead atoms. The molecule has 0 fully saturated rings. The summed E-state index contributed by atoms with van der Waals surface area (Å²) in [5.41, 5.74) is 3.50. The fourth-order valence-corrected chi connectivity index (χ4v) is 4.08. The molecule has 0 aliphatic rings. The summed E-state index contributed by atoms with van der Waals surface area (Å²) in [5.74, 6) is 0.502. The Morgan fingerprint density at radius 1 is 1.19 bits per heavy atom. The van der Waals surface area contributed by atoms with Gasteiger partial charge in [0, 0.05) is 34.7 Å². The molecule has 2 aromatic carbocycles. The highest BCUT2D eigenvalue weighted by atomic mass is 32.1. The van der Waals surface area contributed by atoms with Crippen LogP contribution in [0.3, 0.4) is 0 Å². The van der Waals surface area contributed by atoms with Crippen molar-refractivity contribution in [2.24, 2.45) is 0 Å². The van der Waals surface area contributed by atoms with Gasteiger partial charge in [0.15, 0.2) is 0 Å². The van der Waals surface area contributed by atoms with Gasteiger partial charge in [-0.25, -0.2) is 5.10 Å². The van der Waals surface area contributed by atoms with E-state index in [0.717, 1.165) is 33.5 Å². The van der Waals surface area contributed by atoms with Crippen molar-refractivity contribution < 1.29 is 9.53 Å². The number of para-hydroxylation sites is 1. The van der Waals surface area contributed by atoms with Crippen LogP contribution in [-0.2, 0) is 13.0 Å². The lowest BCUT2D eigenvalue weighted by atomic mass is 10.1. The first-order valence-corrected chi connectivity index (χ1v) is 10.7. The standard InChI is InChI=1S/C23H22N4O3S/c1-14-11-17(19-5-3-4-6-20(19)24-14)13-30-18-9-7-16(8-10-18)22(28)25-15(2)12-21-26-27-23(29)31-21/h3-11,15H,12-13H2,1-2H3,(H,25,28)(H,27,29). The van der Waals surface area contributed by atoms with E-state index in [9.17, 15) is 9.59 Å². The molecule has 7 nitrogen and oxygen atoms in total. The number of carbonyl (C=O) groups is 1. The number of nitrogens with zero attached hydrogens (tertiary/aromatic N) is 2. The third-order valence-electron chi connectivity index (χ3n) is 4.78. The zero-order valence-electron chi connectivity index (χ0n) is 17.2. The topological polar surface area (TPSA) is 97.0 Å². The van der Waals surface area contributed by atoms with Crippen molar-refractivity contribution in [3.63, 3.8) is 0 Å². The number of pyridine rings is 1. The molecule has 8 heteroatoms. The van der Waals surface area contributed by atoms with E-state index < -0.39 is 0 Å². The normalized spacial score (nSPS) is 11.9. The van der Waals surface area contributed by atoms with E-state index in [1.807, 2.05) is 44.2 Å². The molecule has 158 valence electrons. The Labute approximate surface area is 183 Å². The average molecular weight is 435 g/mol. The zero-order chi connectivity index (χ0) is 21.8. The zero-order valence-corrected chi connectivity index (χ0v) is 18.0. The molecular weight excluding hydrogens is 412 g/mol. The molecule has 0 aliphatic heterocycles. The summed E-state index contributed by atoms with van der Waals surface area (Å²) >= 11 is 1.05. The van der Waals surface area contributed by atoms with Crippen LogP contribution in [0, 0.1) is 6.92 Å². The van der Waals surface area contributed by atoms with E-state index in [1.54, 1.807) is 24.3 Å². The fourth-order valence-electron chi connectivity index (χ4n) is 3.35. The number of carbonyl (C=O) groups excluding carboxylic acids is 1. The van der Waals surface area contributed by atoms with Crippen LogP contribution < -0.4 is 14.9 Å². The number of ether oxygens (including phenoxy) is 1. The minimum absolute atomic E-state index is 0.148. The molecule has 1 unspecified atom stereocenters. The summed E-state index contributed by atoms with van der Waals surface area (Å²) in [4.78, 5) is 28.0. The second-order valence-electron chi connectivity index (χ2n) is 7.34. The summed E-state index contributed by atoms with van der Waals surface area (Å²) in [6.45, 7) is 4.26. The fraction of sp³-hybridized carbons (Fsp3) is 0.217. The third-order valence-corrected chi connectivity index (χ3v) is 5.55. The molecule has 1 atom stereocenters. The molecule has 1 amide bonds. The number of nitrogens with one attached hydrogen (secondary N) is 2. The maximum Gasteiger partial charge on any atom is 0.322 e. The molecule has 0 saturated heterocycles. The largest absolute Gasteiger partial charge is 0.489 e. The highest BCUT2D eigenvalue weighted by Crippen LogP contribution is 2.21. The number of aryl methyl sites for hydroxylation is 1. The number of fused-ring (bicyclic) bond motifs is 1. The van der Waals surface area contributed by atoms with Gasteiger partial charge in [-0.15, -0.1) is 0 Å². The Morgan fingerprint density at radius 3 is 2.71 bits per heavy atom. The second-order valence-corrected chi connectivity index (χ2v) is 8.38. The quantitative estimate of drug-likeness (QED) is 0.463. The van der Waals surface area contributed by atoms with Gasteiger partial charge in [0.05, 0.1) is 5.52 Å². The van der Waals surface area contributed by atoms with Gasteiger partial charge in [-0.2, -0.15) is 5.10 Å². The summed E-state index contributed by atoms with van der Waals surface area (Å²) in [6.07, 6.45) is 0.496. The minimum atomic E-state index is -0.195. The van der Waals surface area contributed by atoms with Crippen molar-refractivity contribution in [1.29, 1.82) is 0 Å². The molecule has 31 heavy (non-hydrogen) atoms. The Balaban J connectivity index is 1.37. The van der Waals surface area contributed by atoms with Crippen molar-refractivity contribution in [2.75, 3.05) is 0 Å². The smallest absolute Gasteiger partial charge is 0.322 e. The van der Waals surface area contributed by atoms with Crippen molar-refractivity contribution in [2.45, 2.75) is 32.9 Å². The third kappa shape index (κ3) is 5.16. The summed E-state index contributed by atoms with van der Waals surface area (Å²) in [7, 11) is 0. The molecule has 0 radical (unpaired) electrons. The van der Waals surface area contributed by atoms with Gasteiger partial charge in [-0.3, -0.25) is 14.6 Å². The van der Waals surface area contributed by atoms with Crippen LogP contribution in [0.2, 0.25) is 0 Å². The summed E-state index contributed by atoms with van der Waals surface area (Å²) < 4.78 is 5.95. The molecule has 4 rings (SSSR count). The van der Waals surface area contributed by atoms with Gasteiger partial charge < -0.3 is 10.1 Å². The molecule has 4 aromatic rings. The molecule has 0 aliphatic carbocycles. The maximum atomic E-state index is 12.5. The van der Waals surface area contributed by atoms with E-state index in [1.165, 1.54) is 0 Å². The second kappa shape index (κ2) is 9.09. The Morgan fingerprint density at radius 2 is 1.97 bits per heavy atom. The lowest BCUT2D eigenvalue weighted by Crippen LogP contribution is -2.34. The SMILES string of the molecule is Cc1cc(COc2ccc(C(=O)NC(C)Cc3n[nH]c(=O)s3)cc2)c2ccccc2n1. The van der Waals surface area contributed by atoms with Crippen LogP contribution in [0.1, 0.15) is 33.5 Å². The van der Waals surface area contributed by atoms with Gasteiger partial charge in [-0.05, 0) is 50.2 Å². The van der Waals surface area contributed by atoms with Gasteiger partial charge in [0.1, 0.15) is 17.4 Å². The average Bonchev–Trinajstić information content (AvgIpc) is 3.16. The van der Waals surface area contributed by atoms with Crippen LogP contribution >= 0.6 is 11.3 Å². The van der Waals surface area contributed by atoms with Gasteiger partial charge >= 0.3 is 4.87 Å². The van der Waals surface area contributed by atoms with E-state index in [-0.39, 0.29) is 16.8 Å². The van der Waals surface area contributed by atoms with Crippen molar-refractivity contribution in [3.8, 4) is 5.75 Å². The highest BCUT2D eigenvalue weighted by molar-refractivity contribution is 7.08. The van der Waals surface area contributed by atoms with Crippen LogP contribution in [0.15, 0.2) is 59.4 Å². The molecule has 2 heterocycles. The number of rotatable bonds is 7. The Kier molecular flexibility index (Phi) is 6.08. The number of H-pyrrole nitrogens is 1. The van der Waals surface area contributed by atoms with Crippen molar-refractivity contribution >= 4 is 28.1 Å². The molecule has 0 spiro atoms. The predicted octanol–water partition coefficient (Wildman–Crippen LogP) is 3.63. The van der Waals surface area contributed by atoms with Gasteiger partial charge in [-0.1, -0.05) is 29.5 Å². The van der Waals surface area contributed by atoms with Gasteiger partial charge in [0.2, 0.25) is 0 Å². The molecular formula is C23H22N4O3S. The molecule has 0 saturated carbocycles. The monoisotopic (exact) mass is 434 g/mol. The van der Waals surface area contributed by atoms with E-state index in [2.05, 4.69) is 20.5 Å². The van der Waals surface area contributed by atoms with Gasteiger partial charge in [0.25, 0.3) is 5.91 Å². The lowest BCUT2D eigenvalue weighted by Gasteiger charge is -2.13. The first kappa shape index (κ1) is 20.7. The van der Waals surface area contributed by atoms with Crippen LogP contribution in [0.4, 0.5) is 0 Å². The van der Waals surface area contributed by atoms with Crippen LogP contribution in [0.5, 0.6) is 5.75 Å². The summed E-state index contributed by atoms with van der Waals surface area (Å²) in [6, 6.07) is 16.9. The number of hydrogen-bond acceptors (Lipinski definition) is 6. The maximum absolute atomic E-state index is 12.5. The highest BCUT2D eigenvalue weighted by Gasteiger charge is 2.13. The molecule has 2 aromatic heterocycles. The first-order chi connectivity index (χ1) is 15.0.